The van der Waals surface area contributed by atoms with E-state index in [0.29, 0.717) is 5.56 Å². The number of aliphatic hydroxyl groups excluding tert-OH is 2. The van der Waals surface area contributed by atoms with E-state index in [0.717, 1.165) is 0 Å². The molecule has 1 aromatic rings. The number of rotatable bonds is 5. The number of halogens is 1. The Morgan fingerprint density at radius 1 is 1.45 bits per heavy atom. The lowest BCUT2D eigenvalue weighted by Gasteiger charge is -2.21. The quantitative estimate of drug-likeness (QED) is 0.721. The van der Waals surface area contributed by atoms with E-state index in [9.17, 15) is 19.4 Å². The molecule has 0 aromatic carbocycles. The van der Waals surface area contributed by atoms with Crippen LogP contribution in [-0.4, -0.2) is 39.5 Å². The number of nitrogens with zero attached hydrogens (tertiary/aromatic N) is 1. The Labute approximate surface area is 129 Å². The lowest BCUT2D eigenvalue weighted by Crippen LogP contribution is -2.34. The minimum Gasteiger partial charge on any atom is -0.444 e. The number of aryl methyl sites for hydroxylation is 1. The highest BCUT2D eigenvalue weighted by Crippen LogP contribution is 2.19. The van der Waals surface area contributed by atoms with Crippen molar-refractivity contribution in [2.75, 3.05) is 6.54 Å². The highest BCUT2D eigenvalue weighted by atomic mass is 19.1. The molecule has 0 bridgehead atoms. The van der Waals surface area contributed by atoms with Crippen molar-refractivity contribution in [3.8, 4) is 0 Å². The van der Waals surface area contributed by atoms with E-state index in [2.05, 4.69) is 10.3 Å². The molecule has 7 heteroatoms. The lowest BCUT2D eigenvalue weighted by atomic mass is 10.0. The zero-order chi connectivity index (χ0) is 16.9. The van der Waals surface area contributed by atoms with Crippen molar-refractivity contribution in [2.45, 2.75) is 51.9 Å². The normalized spacial score (nSPS) is 14.3. The molecule has 1 aromatic heterocycles. The maximum Gasteiger partial charge on any atom is 0.407 e. The molecule has 1 amide bonds. The van der Waals surface area contributed by atoms with Crippen molar-refractivity contribution in [3.05, 3.63) is 29.3 Å². The number of hydrogen-bond acceptors (Lipinski definition) is 5. The molecule has 2 atom stereocenters. The molecule has 2 unspecified atom stereocenters. The van der Waals surface area contributed by atoms with Crippen molar-refractivity contribution in [3.63, 3.8) is 0 Å². The van der Waals surface area contributed by atoms with E-state index < -0.39 is 29.8 Å². The standard InChI is InChI=1S/C15H23FN2O4/c1-9-7-10(8-18-13(9)16)12(20)11(19)5-6-17-14(21)22-15(2,3)4/h7-8,11-12,19-20H,5-6H2,1-4H3,(H,17,21). The first-order valence-electron chi connectivity index (χ1n) is 7.05. The largest absolute Gasteiger partial charge is 0.444 e. The average Bonchev–Trinajstić information content (AvgIpc) is 2.38. The summed E-state index contributed by atoms with van der Waals surface area (Å²) in [7, 11) is 0. The SMILES string of the molecule is Cc1cc(C(O)C(O)CCNC(=O)OC(C)(C)C)cnc1F. The molecule has 6 nitrogen and oxygen atoms in total. The monoisotopic (exact) mass is 314 g/mol. The Bertz CT molecular complexity index is 517. The molecule has 0 fully saturated rings. The first-order valence-corrected chi connectivity index (χ1v) is 7.05. The number of aliphatic hydroxyl groups is 2. The zero-order valence-corrected chi connectivity index (χ0v) is 13.3. The van der Waals surface area contributed by atoms with Gasteiger partial charge < -0.3 is 20.3 Å². The van der Waals surface area contributed by atoms with Crippen LogP contribution in [0.3, 0.4) is 0 Å². The fourth-order valence-corrected chi connectivity index (χ4v) is 1.76. The highest BCUT2D eigenvalue weighted by molar-refractivity contribution is 5.67. The van der Waals surface area contributed by atoms with Crippen molar-refractivity contribution in [2.24, 2.45) is 0 Å². The van der Waals surface area contributed by atoms with Crippen LogP contribution in [-0.2, 0) is 4.74 Å². The molecule has 0 radical (unpaired) electrons. The third-order valence-electron chi connectivity index (χ3n) is 2.85. The van der Waals surface area contributed by atoms with Crippen molar-refractivity contribution in [1.29, 1.82) is 0 Å². The van der Waals surface area contributed by atoms with Gasteiger partial charge in [-0.2, -0.15) is 4.39 Å². The van der Waals surface area contributed by atoms with Crippen LogP contribution in [0.4, 0.5) is 9.18 Å². The van der Waals surface area contributed by atoms with Gasteiger partial charge in [-0.05, 0) is 40.2 Å². The predicted octanol–water partition coefficient (Wildman–Crippen LogP) is 1.84. The van der Waals surface area contributed by atoms with Gasteiger partial charge in [0.15, 0.2) is 0 Å². The number of aromatic nitrogens is 1. The molecule has 124 valence electrons. The molecule has 1 heterocycles. The van der Waals surface area contributed by atoms with Gasteiger partial charge in [0.2, 0.25) is 5.95 Å². The minimum atomic E-state index is -1.20. The van der Waals surface area contributed by atoms with E-state index >= 15 is 0 Å². The highest BCUT2D eigenvalue weighted by Gasteiger charge is 2.20. The topological polar surface area (TPSA) is 91.7 Å². The number of nitrogens with one attached hydrogen (secondary N) is 1. The molecule has 0 saturated carbocycles. The summed E-state index contributed by atoms with van der Waals surface area (Å²) in [6, 6.07) is 1.43. The van der Waals surface area contributed by atoms with Crippen LogP contribution < -0.4 is 5.32 Å². The van der Waals surface area contributed by atoms with E-state index in [-0.39, 0.29) is 18.5 Å². The number of hydrogen-bond donors (Lipinski definition) is 3. The summed E-state index contributed by atoms with van der Waals surface area (Å²) >= 11 is 0. The summed E-state index contributed by atoms with van der Waals surface area (Å²) in [6.45, 7) is 6.90. The second-order valence-corrected chi connectivity index (χ2v) is 6.11. The summed E-state index contributed by atoms with van der Waals surface area (Å²) < 4.78 is 18.1. The van der Waals surface area contributed by atoms with Crippen LogP contribution >= 0.6 is 0 Å². The third-order valence-corrected chi connectivity index (χ3v) is 2.85. The van der Waals surface area contributed by atoms with Gasteiger partial charge in [0.25, 0.3) is 0 Å². The maximum atomic E-state index is 13.1. The van der Waals surface area contributed by atoms with Gasteiger partial charge in [0.05, 0.1) is 6.10 Å². The second-order valence-electron chi connectivity index (χ2n) is 6.11. The molecule has 3 N–H and O–H groups in total. The van der Waals surface area contributed by atoms with Crippen LogP contribution in [0.5, 0.6) is 0 Å². The maximum absolute atomic E-state index is 13.1. The van der Waals surface area contributed by atoms with Crippen molar-refractivity contribution >= 4 is 6.09 Å². The Hall–Kier alpha value is -1.73. The lowest BCUT2D eigenvalue weighted by molar-refractivity contribution is 0.0120. The fraction of sp³-hybridized carbons (Fsp3) is 0.600. The summed E-state index contributed by atoms with van der Waals surface area (Å²) in [5.74, 6) is -0.614. The Kier molecular flexibility index (Phi) is 6.25. The molecular formula is C15H23FN2O4. The predicted molar refractivity (Wildman–Crippen MR) is 78.8 cm³/mol. The van der Waals surface area contributed by atoms with Crippen LogP contribution in [0.1, 0.15) is 44.4 Å². The van der Waals surface area contributed by atoms with Gasteiger partial charge in [0, 0.05) is 23.9 Å². The van der Waals surface area contributed by atoms with Crippen LogP contribution in [0, 0.1) is 12.9 Å². The van der Waals surface area contributed by atoms with E-state index in [1.807, 2.05) is 0 Å². The average molecular weight is 314 g/mol. The number of carbonyl (C=O) groups excluding carboxylic acids is 1. The molecule has 0 aliphatic carbocycles. The van der Waals surface area contributed by atoms with Crippen LogP contribution in [0.15, 0.2) is 12.3 Å². The summed E-state index contributed by atoms with van der Waals surface area (Å²) in [6.07, 6.45) is -1.60. The number of alkyl carbamates (subject to hydrolysis) is 1. The van der Waals surface area contributed by atoms with E-state index in [1.165, 1.54) is 19.2 Å². The molecule has 0 spiro atoms. The summed E-state index contributed by atoms with van der Waals surface area (Å²) in [5, 5.41) is 22.4. The number of amides is 1. The van der Waals surface area contributed by atoms with Crippen LogP contribution in [0.25, 0.3) is 0 Å². The van der Waals surface area contributed by atoms with Crippen LogP contribution in [0.2, 0.25) is 0 Å². The van der Waals surface area contributed by atoms with Gasteiger partial charge in [-0.15, -0.1) is 0 Å². The number of carbonyl (C=O) groups is 1. The molecule has 0 aliphatic heterocycles. The Morgan fingerprint density at radius 2 is 2.09 bits per heavy atom. The van der Waals surface area contributed by atoms with E-state index in [4.69, 9.17) is 4.74 Å². The van der Waals surface area contributed by atoms with Crippen molar-refractivity contribution in [1.82, 2.24) is 10.3 Å². The van der Waals surface area contributed by atoms with Gasteiger partial charge in [-0.1, -0.05) is 0 Å². The van der Waals surface area contributed by atoms with Gasteiger partial charge in [0.1, 0.15) is 11.7 Å². The molecule has 22 heavy (non-hydrogen) atoms. The third kappa shape index (κ3) is 5.95. The first-order chi connectivity index (χ1) is 10.1. The molecule has 1 rings (SSSR count). The minimum absolute atomic E-state index is 0.122. The Balaban J connectivity index is 2.46. The molecular weight excluding hydrogens is 291 g/mol. The van der Waals surface area contributed by atoms with E-state index in [1.54, 1.807) is 20.8 Å². The Morgan fingerprint density at radius 3 is 2.64 bits per heavy atom. The smallest absolute Gasteiger partial charge is 0.407 e. The fourth-order valence-electron chi connectivity index (χ4n) is 1.76. The van der Waals surface area contributed by atoms with Crippen molar-refractivity contribution < 1.29 is 24.1 Å². The van der Waals surface area contributed by atoms with Gasteiger partial charge in [-0.3, -0.25) is 0 Å². The first kappa shape index (κ1) is 18.3. The molecule has 0 aliphatic rings. The summed E-state index contributed by atoms with van der Waals surface area (Å²) in [4.78, 5) is 14.9. The van der Waals surface area contributed by atoms with Gasteiger partial charge >= 0.3 is 6.09 Å². The second kappa shape index (κ2) is 7.51. The number of pyridine rings is 1. The summed E-state index contributed by atoms with van der Waals surface area (Å²) in [5.41, 5.74) is 0.0128. The molecule has 0 saturated heterocycles. The van der Waals surface area contributed by atoms with Gasteiger partial charge in [-0.25, -0.2) is 9.78 Å². The number of ether oxygens (including phenoxy) is 1. The zero-order valence-electron chi connectivity index (χ0n) is 13.3.